The van der Waals surface area contributed by atoms with Gasteiger partial charge in [-0.3, -0.25) is 0 Å². The van der Waals surface area contributed by atoms with Crippen LogP contribution in [0.5, 0.6) is 0 Å². The average molecular weight is 280 g/mol. The van der Waals surface area contributed by atoms with Gasteiger partial charge in [0.1, 0.15) is 10.6 Å². The van der Waals surface area contributed by atoms with Crippen LogP contribution in [0.15, 0.2) is 11.4 Å². The van der Waals surface area contributed by atoms with Crippen molar-refractivity contribution in [1.29, 1.82) is 0 Å². The van der Waals surface area contributed by atoms with E-state index in [1.165, 1.54) is 18.6 Å². The van der Waals surface area contributed by atoms with Crippen LogP contribution in [0.25, 0.3) is 10.2 Å². The molecular weight excluding hydrogens is 264 g/mol. The summed E-state index contributed by atoms with van der Waals surface area (Å²) in [4.78, 5) is 9.50. The zero-order chi connectivity index (χ0) is 12.6. The molecule has 96 valence electrons. The largest absolute Gasteiger partial charge is 0.368 e. The maximum atomic E-state index is 5.74. The Kier molecular flexibility index (Phi) is 3.07. The molecule has 3 rings (SSSR count). The van der Waals surface area contributed by atoms with E-state index in [-0.39, 0.29) is 0 Å². The normalized spacial score (nSPS) is 23.6. The van der Waals surface area contributed by atoms with Crippen molar-refractivity contribution in [1.82, 2.24) is 9.97 Å². The van der Waals surface area contributed by atoms with Crippen molar-refractivity contribution in [3.8, 4) is 0 Å². The van der Waals surface area contributed by atoms with Crippen LogP contribution in [0, 0.1) is 0 Å². The fourth-order valence-corrected chi connectivity index (χ4v) is 4.27. The monoisotopic (exact) mass is 280 g/mol. The van der Waals surface area contributed by atoms with Gasteiger partial charge in [-0.15, -0.1) is 11.3 Å². The molecule has 1 fully saturated rings. The molecule has 0 spiro atoms. The first kappa shape index (κ1) is 12.0. The van der Waals surface area contributed by atoms with Crippen LogP contribution in [-0.4, -0.2) is 27.0 Å². The zero-order valence-corrected chi connectivity index (χ0v) is 11.9. The minimum absolute atomic E-state index is 0.321. The number of nitrogens with zero attached hydrogens (tertiary/aromatic N) is 2. The van der Waals surface area contributed by atoms with Crippen LogP contribution in [0.3, 0.4) is 0 Å². The SMILES string of the molecule is CC1(CNc2nc(N)nc3sccc23)CCCS1. The first-order chi connectivity index (χ1) is 8.66. The topological polar surface area (TPSA) is 63.8 Å². The van der Waals surface area contributed by atoms with Crippen LogP contribution in [0.1, 0.15) is 19.8 Å². The van der Waals surface area contributed by atoms with Crippen LogP contribution >= 0.6 is 23.1 Å². The van der Waals surface area contributed by atoms with Crippen molar-refractivity contribution in [3.63, 3.8) is 0 Å². The average Bonchev–Trinajstić information content (AvgIpc) is 2.95. The highest BCUT2D eigenvalue weighted by Crippen LogP contribution is 2.38. The van der Waals surface area contributed by atoms with Gasteiger partial charge in [-0.25, -0.2) is 4.98 Å². The predicted molar refractivity (Wildman–Crippen MR) is 80.4 cm³/mol. The van der Waals surface area contributed by atoms with Gasteiger partial charge in [0.2, 0.25) is 5.95 Å². The molecule has 1 aliphatic heterocycles. The zero-order valence-electron chi connectivity index (χ0n) is 10.3. The van der Waals surface area contributed by atoms with Crippen molar-refractivity contribution in [2.24, 2.45) is 0 Å². The lowest BCUT2D eigenvalue weighted by molar-refractivity contribution is 0.634. The van der Waals surface area contributed by atoms with Crippen molar-refractivity contribution in [2.45, 2.75) is 24.5 Å². The first-order valence-corrected chi connectivity index (χ1v) is 7.91. The Hall–Kier alpha value is -1.01. The third-order valence-electron chi connectivity index (χ3n) is 3.27. The Morgan fingerprint density at radius 2 is 2.39 bits per heavy atom. The highest BCUT2D eigenvalue weighted by atomic mass is 32.2. The van der Waals surface area contributed by atoms with Gasteiger partial charge in [-0.1, -0.05) is 0 Å². The molecule has 0 radical (unpaired) electrons. The summed E-state index contributed by atoms with van der Waals surface area (Å²) in [6, 6.07) is 2.05. The Morgan fingerprint density at radius 1 is 1.50 bits per heavy atom. The second-order valence-electron chi connectivity index (χ2n) is 4.83. The van der Waals surface area contributed by atoms with E-state index in [1.54, 1.807) is 11.3 Å². The van der Waals surface area contributed by atoms with Gasteiger partial charge in [0.15, 0.2) is 0 Å². The van der Waals surface area contributed by atoms with Gasteiger partial charge in [0.05, 0.1) is 5.39 Å². The van der Waals surface area contributed by atoms with E-state index >= 15 is 0 Å². The minimum atomic E-state index is 0.321. The number of nitrogens with two attached hydrogens (primary N) is 1. The highest BCUT2D eigenvalue weighted by Gasteiger charge is 2.29. The summed E-state index contributed by atoms with van der Waals surface area (Å²) in [6.45, 7) is 3.24. The van der Waals surface area contributed by atoms with Gasteiger partial charge in [0.25, 0.3) is 0 Å². The minimum Gasteiger partial charge on any atom is -0.368 e. The van der Waals surface area contributed by atoms with Crippen molar-refractivity contribution < 1.29 is 0 Å². The summed E-state index contributed by atoms with van der Waals surface area (Å²) in [5, 5.41) is 6.55. The number of rotatable bonds is 3. The Morgan fingerprint density at radius 3 is 3.17 bits per heavy atom. The summed E-state index contributed by atoms with van der Waals surface area (Å²) in [5.74, 6) is 2.47. The summed E-state index contributed by atoms with van der Waals surface area (Å²) in [6.07, 6.45) is 2.57. The maximum Gasteiger partial charge on any atom is 0.223 e. The molecule has 1 saturated heterocycles. The Balaban J connectivity index is 1.83. The van der Waals surface area contributed by atoms with Crippen molar-refractivity contribution in [2.75, 3.05) is 23.3 Å². The fourth-order valence-electron chi connectivity index (χ4n) is 2.25. The molecule has 0 aliphatic carbocycles. The summed E-state index contributed by atoms with van der Waals surface area (Å²) in [5.41, 5.74) is 5.74. The molecule has 2 aromatic heterocycles. The molecular formula is C12H16N4S2. The lowest BCUT2D eigenvalue weighted by atomic mass is 10.1. The molecule has 0 aromatic carbocycles. The van der Waals surface area contributed by atoms with E-state index < -0.39 is 0 Å². The fraction of sp³-hybridized carbons (Fsp3) is 0.500. The quantitative estimate of drug-likeness (QED) is 0.905. The second kappa shape index (κ2) is 4.59. The predicted octanol–water partition coefficient (Wildman–Crippen LogP) is 2.97. The molecule has 4 nitrogen and oxygen atoms in total. The number of anilines is 2. The van der Waals surface area contributed by atoms with E-state index in [1.807, 2.05) is 23.2 Å². The van der Waals surface area contributed by atoms with E-state index in [9.17, 15) is 0 Å². The van der Waals surface area contributed by atoms with Gasteiger partial charge in [-0.05, 0) is 37.0 Å². The molecule has 6 heteroatoms. The third kappa shape index (κ3) is 2.27. The molecule has 1 aliphatic rings. The molecule has 1 unspecified atom stereocenters. The van der Waals surface area contributed by atoms with E-state index in [0.717, 1.165) is 22.6 Å². The van der Waals surface area contributed by atoms with Crippen molar-refractivity contribution in [3.05, 3.63) is 11.4 Å². The number of fused-ring (bicyclic) bond motifs is 1. The van der Waals surface area contributed by atoms with Crippen LogP contribution in [-0.2, 0) is 0 Å². The number of hydrogen-bond donors (Lipinski definition) is 2. The number of thioether (sulfide) groups is 1. The maximum absolute atomic E-state index is 5.74. The van der Waals surface area contributed by atoms with Crippen LogP contribution in [0.2, 0.25) is 0 Å². The molecule has 1 atom stereocenters. The molecule has 3 heterocycles. The Labute approximate surface area is 114 Å². The first-order valence-electron chi connectivity index (χ1n) is 6.05. The number of aromatic nitrogens is 2. The molecule has 0 amide bonds. The van der Waals surface area contributed by atoms with Crippen LogP contribution < -0.4 is 11.1 Å². The molecule has 2 aromatic rings. The van der Waals surface area contributed by atoms with Gasteiger partial charge >= 0.3 is 0 Å². The lowest BCUT2D eigenvalue weighted by Crippen LogP contribution is -2.27. The van der Waals surface area contributed by atoms with Gasteiger partial charge in [0, 0.05) is 11.3 Å². The number of thiophene rings is 1. The van der Waals surface area contributed by atoms with Gasteiger partial charge in [-0.2, -0.15) is 16.7 Å². The highest BCUT2D eigenvalue weighted by molar-refractivity contribution is 8.00. The smallest absolute Gasteiger partial charge is 0.223 e. The Bertz CT molecular complexity index is 560. The second-order valence-corrected chi connectivity index (χ2v) is 7.40. The van der Waals surface area contributed by atoms with Crippen molar-refractivity contribution >= 4 is 45.1 Å². The molecule has 18 heavy (non-hydrogen) atoms. The lowest BCUT2D eigenvalue weighted by Gasteiger charge is -2.23. The van der Waals surface area contributed by atoms with E-state index in [0.29, 0.717) is 10.7 Å². The molecule has 0 bridgehead atoms. The van der Waals surface area contributed by atoms with Gasteiger partial charge < -0.3 is 11.1 Å². The van der Waals surface area contributed by atoms with E-state index in [4.69, 9.17) is 5.73 Å². The van der Waals surface area contributed by atoms with E-state index in [2.05, 4.69) is 22.2 Å². The summed E-state index contributed by atoms with van der Waals surface area (Å²) < 4.78 is 0.321. The molecule has 3 N–H and O–H groups in total. The summed E-state index contributed by atoms with van der Waals surface area (Å²) in [7, 11) is 0. The molecule has 0 saturated carbocycles. The third-order valence-corrected chi connectivity index (χ3v) is 5.62. The number of hydrogen-bond acceptors (Lipinski definition) is 6. The number of nitrogens with one attached hydrogen (secondary N) is 1. The summed E-state index contributed by atoms with van der Waals surface area (Å²) >= 11 is 3.64. The number of nitrogen functional groups attached to an aromatic ring is 1. The standard InChI is InChI=1S/C12H16N4S2/c1-12(4-2-5-18-12)7-14-9-8-3-6-17-10(8)16-11(13)15-9/h3,6H,2,4-5,7H2,1H3,(H3,13,14,15,16). The van der Waals surface area contributed by atoms with Crippen LogP contribution in [0.4, 0.5) is 11.8 Å².